The standard InChI is InChI=1S/C13H21NO2/c1-3-9-14-13(4-2,10-15)11-5-7-12(16)8-6-11/h5-8,14-16H,3-4,9-10H2,1-2H3. The van der Waals surface area contributed by atoms with Crippen molar-refractivity contribution < 1.29 is 10.2 Å². The molecule has 0 amide bonds. The average Bonchev–Trinajstić information content (AvgIpc) is 2.33. The van der Waals surface area contributed by atoms with Crippen molar-refractivity contribution in [2.75, 3.05) is 13.2 Å². The molecule has 0 aliphatic heterocycles. The molecule has 3 N–H and O–H groups in total. The summed E-state index contributed by atoms with van der Waals surface area (Å²) in [5.74, 6) is 0.252. The highest BCUT2D eigenvalue weighted by atomic mass is 16.3. The highest BCUT2D eigenvalue weighted by Crippen LogP contribution is 2.26. The molecule has 3 nitrogen and oxygen atoms in total. The lowest BCUT2D eigenvalue weighted by molar-refractivity contribution is 0.155. The van der Waals surface area contributed by atoms with E-state index in [4.69, 9.17) is 0 Å². The molecule has 3 heteroatoms. The maximum Gasteiger partial charge on any atom is 0.115 e. The van der Waals surface area contributed by atoms with E-state index < -0.39 is 0 Å². The lowest BCUT2D eigenvalue weighted by Gasteiger charge is -2.32. The minimum atomic E-state index is -0.385. The molecule has 0 aliphatic carbocycles. The first-order valence-corrected chi connectivity index (χ1v) is 5.84. The van der Waals surface area contributed by atoms with Crippen LogP contribution in [0.3, 0.4) is 0 Å². The van der Waals surface area contributed by atoms with Crippen LogP contribution < -0.4 is 5.32 Å². The Labute approximate surface area is 97.1 Å². The molecule has 0 saturated heterocycles. The van der Waals surface area contributed by atoms with Crippen molar-refractivity contribution in [2.24, 2.45) is 0 Å². The van der Waals surface area contributed by atoms with Crippen molar-refractivity contribution in [2.45, 2.75) is 32.2 Å². The smallest absolute Gasteiger partial charge is 0.115 e. The van der Waals surface area contributed by atoms with E-state index in [0.29, 0.717) is 0 Å². The number of benzene rings is 1. The third-order valence-corrected chi connectivity index (χ3v) is 3.01. The van der Waals surface area contributed by atoms with Crippen LogP contribution in [0.25, 0.3) is 0 Å². The Kier molecular flexibility index (Phi) is 4.77. The molecule has 0 saturated carbocycles. The van der Waals surface area contributed by atoms with Gasteiger partial charge in [0.15, 0.2) is 0 Å². The Bertz CT molecular complexity index is 304. The first-order valence-electron chi connectivity index (χ1n) is 5.84. The number of phenols is 1. The van der Waals surface area contributed by atoms with Gasteiger partial charge in [-0.15, -0.1) is 0 Å². The normalized spacial score (nSPS) is 14.7. The maximum atomic E-state index is 9.60. The second kappa shape index (κ2) is 5.87. The molecule has 16 heavy (non-hydrogen) atoms. The van der Waals surface area contributed by atoms with Crippen LogP contribution >= 0.6 is 0 Å². The molecule has 90 valence electrons. The summed E-state index contributed by atoms with van der Waals surface area (Å²) in [6.07, 6.45) is 1.84. The van der Waals surface area contributed by atoms with Gasteiger partial charge in [0.25, 0.3) is 0 Å². The summed E-state index contributed by atoms with van der Waals surface area (Å²) in [5.41, 5.74) is 0.632. The quantitative estimate of drug-likeness (QED) is 0.691. The maximum absolute atomic E-state index is 9.60. The van der Waals surface area contributed by atoms with Gasteiger partial charge in [0.05, 0.1) is 12.1 Å². The van der Waals surface area contributed by atoms with Gasteiger partial charge in [-0.3, -0.25) is 0 Å². The largest absolute Gasteiger partial charge is 0.508 e. The monoisotopic (exact) mass is 223 g/mol. The Morgan fingerprint density at radius 2 is 1.81 bits per heavy atom. The molecule has 1 atom stereocenters. The Hall–Kier alpha value is -1.06. The van der Waals surface area contributed by atoms with Crippen molar-refractivity contribution in [3.05, 3.63) is 29.8 Å². The molecule has 0 fully saturated rings. The zero-order chi connectivity index (χ0) is 12.0. The van der Waals surface area contributed by atoms with E-state index in [9.17, 15) is 10.2 Å². The Balaban J connectivity index is 2.95. The Morgan fingerprint density at radius 3 is 2.25 bits per heavy atom. The van der Waals surface area contributed by atoms with Gasteiger partial charge >= 0.3 is 0 Å². The van der Waals surface area contributed by atoms with Crippen molar-refractivity contribution in [3.8, 4) is 5.75 Å². The van der Waals surface area contributed by atoms with Gasteiger partial charge in [0, 0.05) is 0 Å². The number of nitrogens with one attached hydrogen (secondary N) is 1. The number of aliphatic hydroxyl groups is 1. The molecular weight excluding hydrogens is 202 g/mol. The molecule has 0 radical (unpaired) electrons. The minimum Gasteiger partial charge on any atom is -0.508 e. The number of hydrogen-bond acceptors (Lipinski definition) is 3. The summed E-state index contributed by atoms with van der Waals surface area (Å²) in [4.78, 5) is 0. The number of rotatable bonds is 6. The highest BCUT2D eigenvalue weighted by molar-refractivity contribution is 5.31. The summed E-state index contributed by atoms with van der Waals surface area (Å²) in [7, 11) is 0. The van der Waals surface area contributed by atoms with Gasteiger partial charge in [-0.1, -0.05) is 26.0 Å². The van der Waals surface area contributed by atoms with Gasteiger partial charge in [0.1, 0.15) is 5.75 Å². The molecule has 1 aromatic carbocycles. The van der Waals surface area contributed by atoms with Gasteiger partial charge < -0.3 is 15.5 Å². The van der Waals surface area contributed by atoms with Crippen LogP contribution in [-0.4, -0.2) is 23.4 Å². The fourth-order valence-corrected chi connectivity index (χ4v) is 1.83. The average molecular weight is 223 g/mol. The van der Waals surface area contributed by atoms with Crippen molar-refractivity contribution in [1.82, 2.24) is 5.32 Å². The molecule has 0 aromatic heterocycles. The van der Waals surface area contributed by atoms with Crippen LogP contribution in [0.1, 0.15) is 32.3 Å². The molecule has 1 unspecified atom stereocenters. The molecule has 0 aliphatic rings. The lowest BCUT2D eigenvalue weighted by Crippen LogP contribution is -2.45. The topological polar surface area (TPSA) is 52.5 Å². The van der Waals surface area contributed by atoms with Crippen LogP contribution in [0, 0.1) is 0 Å². The molecule has 0 bridgehead atoms. The lowest BCUT2D eigenvalue weighted by atomic mass is 9.88. The van der Waals surface area contributed by atoms with E-state index in [1.807, 2.05) is 19.1 Å². The van der Waals surface area contributed by atoms with Gasteiger partial charge in [-0.25, -0.2) is 0 Å². The van der Waals surface area contributed by atoms with Crippen molar-refractivity contribution in [3.63, 3.8) is 0 Å². The summed E-state index contributed by atoms with van der Waals surface area (Å²) in [6.45, 7) is 5.08. The first kappa shape index (κ1) is 13.0. The second-order valence-electron chi connectivity index (χ2n) is 4.07. The highest BCUT2D eigenvalue weighted by Gasteiger charge is 2.28. The number of aromatic hydroxyl groups is 1. The molecule has 1 rings (SSSR count). The number of phenolic OH excluding ortho intramolecular Hbond substituents is 1. The van der Waals surface area contributed by atoms with Gasteiger partial charge in [-0.05, 0) is 37.1 Å². The first-order chi connectivity index (χ1) is 7.68. The minimum absolute atomic E-state index is 0.0638. The van der Waals surface area contributed by atoms with Crippen LogP contribution in [0.2, 0.25) is 0 Å². The van der Waals surface area contributed by atoms with E-state index >= 15 is 0 Å². The zero-order valence-electron chi connectivity index (χ0n) is 10.0. The van der Waals surface area contributed by atoms with E-state index in [-0.39, 0.29) is 17.9 Å². The summed E-state index contributed by atoms with van der Waals surface area (Å²) >= 11 is 0. The van der Waals surface area contributed by atoms with E-state index in [1.165, 1.54) is 0 Å². The second-order valence-corrected chi connectivity index (χ2v) is 4.07. The van der Waals surface area contributed by atoms with Crippen molar-refractivity contribution in [1.29, 1.82) is 0 Å². The third kappa shape index (κ3) is 2.74. The molecule has 0 heterocycles. The summed E-state index contributed by atoms with van der Waals surface area (Å²) in [6, 6.07) is 7.03. The van der Waals surface area contributed by atoms with Gasteiger partial charge in [0.2, 0.25) is 0 Å². The van der Waals surface area contributed by atoms with Crippen LogP contribution in [0.15, 0.2) is 24.3 Å². The Morgan fingerprint density at radius 1 is 1.19 bits per heavy atom. The number of hydrogen-bond donors (Lipinski definition) is 3. The van der Waals surface area contributed by atoms with Crippen LogP contribution in [0.5, 0.6) is 5.75 Å². The van der Waals surface area contributed by atoms with Crippen LogP contribution in [-0.2, 0) is 5.54 Å². The van der Waals surface area contributed by atoms with Crippen molar-refractivity contribution >= 4 is 0 Å². The van der Waals surface area contributed by atoms with E-state index in [2.05, 4.69) is 12.2 Å². The summed E-state index contributed by atoms with van der Waals surface area (Å²) in [5, 5.41) is 22.2. The van der Waals surface area contributed by atoms with E-state index in [1.54, 1.807) is 12.1 Å². The fourth-order valence-electron chi connectivity index (χ4n) is 1.83. The molecular formula is C13H21NO2. The predicted molar refractivity (Wildman–Crippen MR) is 65.5 cm³/mol. The predicted octanol–water partition coefficient (Wildman–Crippen LogP) is 1.99. The fraction of sp³-hybridized carbons (Fsp3) is 0.538. The molecule has 0 spiro atoms. The SMILES string of the molecule is CCCNC(CC)(CO)c1ccc(O)cc1. The summed E-state index contributed by atoms with van der Waals surface area (Å²) < 4.78 is 0. The van der Waals surface area contributed by atoms with E-state index in [0.717, 1.165) is 24.9 Å². The molecule has 1 aromatic rings. The van der Waals surface area contributed by atoms with Crippen LogP contribution in [0.4, 0.5) is 0 Å². The van der Waals surface area contributed by atoms with Gasteiger partial charge in [-0.2, -0.15) is 0 Å². The third-order valence-electron chi connectivity index (χ3n) is 3.01. The number of aliphatic hydroxyl groups excluding tert-OH is 1. The zero-order valence-corrected chi connectivity index (χ0v) is 10.0.